The predicted molar refractivity (Wildman–Crippen MR) is 102 cm³/mol. The number of carbonyl (C=O) groups is 1. The molecular weight excluding hydrogens is 349 g/mol. The van der Waals surface area contributed by atoms with Gasteiger partial charge in [-0.1, -0.05) is 29.8 Å². The number of amides is 1. The summed E-state index contributed by atoms with van der Waals surface area (Å²) in [5, 5.41) is 7.63. The lowest BCUT2D eigenvalue weighted by molar-refractivity contribution is -0.113. The summed E-state index contributed by atoms with van der Waals surface area (Å²) in [5.74, 6) is 0.669. The van der Waals surface area contributed by atoms with Gasteiger partial charge in [-0.15, -0.1) is 11.8 Å². The fourth-order valence-electron chi connectivity index (χ4n) is 3.25. The molecule has 132 valence electrons. The number of hydrogen-bond acceptors (Lipinski definition) is 3. The lowest BCUT2D eigenvalue weighted by atomic mass is 10.0. The molecule has 0 saturated heterocycles. The number of carbonyl (C=O) groups excluding carboxylic acids is 1. The molecule has 2 aromatic carbocycles. The third-order valence-corrected chi connectivity index (χ3v) is 5.69. The average Bonchev–Trinajstić information content (AvgIpc) is 2.82. The molecule has 0 saturated carbocycles. The van der Waals surface area contributed by atoms with E-state index in [1.54, 1.807) is 28.6 Å². The van der Waals surface area contributed by atoms with Crippen LogP contribution in [0.25, 0.3) is 5.69 Å². The van der Waals surface area contributed by atoms with E-state index in [1.807, 2.05) is 13.0 Å². The molecule has 0 radical (unpaired) electrons. The van der Waals surface area contributed by atoms with Crippen molar-refractivity contribution in [3.63, 3.8) is 0 Å². The number of thioether (sulfide) groups is 1. The Labute approximate surface area is 155 Å². The number of nitrogens with zero attached hydrogens (tertiary/aromatic N) is 2. The van der Waals surface area contributed by atoms with Gasteiger partial charge in [0.25, 0.3) is 0 Å². The molecule has 4 nitrogen and oxygen atoms in total. The van der Waals surface area contributed by atoms with Crippen molar-refractivity contribution >= 4 is 23.5 Å². The maximum atomic E-state index is 13.3. The molecule has 0 aliphatic carbocycles. The molecule has 26 heavy (non-hydrogen) atoms. The minimum absolute atomic E-state index is 0.0121. The summed E-state index contributed by atoms with van der Waals surface area (Å²) in [4.78, 5) is 12.3. The van der Waals surface area contributed by atoms with Crippen LogP contribution >= 0.6 is 11.8 Å². The Bertz CT molecular complexity index is 981. The zero-order valence-corrected chi connectivity index (χ0v) is 15.3. The molecule has 1 N–H and O–H groups in total. The number of aromatic nitrogens is 2. The molecule has 0 bridgehead atoms. The average molecular weight is 367 g/mol. The van der Waals surface area contributed by atoms with Crippen LogP contribution in [0.5, 0.6) is 0 Å². The van der Waals surface area contributed by atoms with Gasteiger partial charge >= 0.3 is 0 Å². The first-order chi connectivity index (χ1) is 12.5. The van der Waals surface area contributed by atoms with Crippen molar-refractivity contribution in [1.82, 2.24) is 9.78 Å². The monoisotopic (exact) mass is 367 g/mol. The number of aryl methyl sites for hydroxylation is 2. The molecule has 1 aliphatic rings. The third kappa shape index (κ3) is 3.01. The van der Waals surface area contributed by atoms with Gasteiger partial charge in [-0.05, 0) is 43.7 Å². The van der Waals surface area contributed by atoms with Crippen LogP contribution in [-0.2, 0) is 4.79 Å². The second-order valence-corrected chi connectivity index (χ2v) is 7.48. The molecule has 1 amide bonds. The molecule has 1 aromatic heterocycles. The highest BCUT2D eigenvalue weighted by atomic mass is 32.2. The number of benzene rings is 2. The second-order valence-electron chi connectivity index (χ2n) is 6.39. The van der Waals surface area contributed by atoms with Crippen LogP contribution < -0.4 is 5.32 Å². The van der Waals surface area contributed by atoms with Gasteiger partial charge in [-0.25, -0.2) is 9.07 Å². The molecule has 4 rings (SSSR count). The van der Waals surface area contributed by atoms with Crippen molar-refractivity contribution in [2.24, 2.45) is 0 Å². The smallest absolute Gasteiger partial charge is 0.235 e. The lowest BCUT2D eigenvalue weighted by Gasteiger charge is -2.16. The second kappa shape index (κ2) is 6.61. The number of anilines is 1. The molecule has 6 heteroatoms. The van der Waals surface area contributed by atoms with E-state index in [-0.39, 0.29) is 17.0 Å². The standard InChI is InChI=1S/C20H18FN3OS/c1-12-4-3-5-14(10-12)19-18-13(2)23-24(16-8-6-15(21)7-9-16)20(18)22-17(25)11-26-19/h3-10,19H,11H2,1-2H3,(H,22,25)/t19-/m1/s1. The van der Waals surface area contributed by atoms with Crippen LogP contribution in [0.15, 0.2) is 48.5 Å². The van der Waals surface area contributed by atoms with E-state index in [9.17, 15) is 9.18 Å². The maximum Gasteiger partial charge on any atom is 0.235 e. The summed E-state index contributed by atoms with van der Waals surface area (Å²) >= 11 is 1.60. The Hall–Kier alpha value is -2.60. The van der Waals surface area contributed by atoms with Crippen LogP contribution in [0.1, 0.15) is 27.6 Å². The summed E-state index contributed by atoms with van der Waals surface area (Å²) in [5.41, 5.74) is 4.89. The number of hydrogen-bond donors (Lipinski definition) is 1. The van der Waals surface area contributed by atoms with Crippen molar-refractivity contribution in [3.8, 4) is 5.69 Å². The first-order valence-corrected chi connectivity index (χ1v) is 9.41. The molecule has 1 atom stereocenters. The van der Waals surface area contributed by atoms with Gasteiger partial charge in [0.15, 0.2) is 0 Å². The van der Waals surface area contributed by atoms with Crippen molar-refractivity contribution in [2.75, 3.05) is 11.1 Å². The molecule has 0 spiro atoms. The normalized spacial score (nSPS) is 16.7. The van der Waals surface area contributed by atoms with Crippen LogP contribution in [0, 0.1) is 19.7 Å². The van der Waals surface area contributed by atoms with Gasteiger partial charge in [0.1, 0.15) is 11.6 Å². The minimum atomic E-state index is -0.305. The Morgan fingerprint density at radius 2 is 1.96 bits per heavy atom. The van der Waals surface area contributed by atoms with Crippen LogP contribution in [0.4, 0.5) is 10.2 Å². The number of nitrogens with one attached hydrogen (secondary N) is 1. The summed E-state index contributed by atoms with van der Waals surface area (Å²) < 4.78 is 15.0. The van der Waals surface area contributed by atoms with E-state index in [1.165, 1.54) is 17.7 Å². The van der Waals surface area contributed by atoms with Gasteiger partial charge in [-0.2, -0.15) is 5.10 Å². The van der Waals surface area contributed by atoms with E-state index in [2.05, 4.69) is 35.5 Å². The quantitative estimate of drug-likeness (QED) is 0.730. The number of rotatable bonds is 2. The summed E-state index contributed by atoms with van der Waals surface area (Å²) in [6, 6.07) is 14.4. The van der Waals surface area contributed by atoms with Gasteiger partial charge in [0, 0.05) is 5.56 Å². The third-order valence-electron chi connectivity index (χ3n) is 4.42. The van der Waals surface area contributed by atoms with Crippen LogP contribution in [0.3, 0.4) is 0 Å². The highest BCUT2D eigenvalue weighted by Crippen LogP contribution is 2.43. The molecule has 3 aromatic rings. The first kappa shape index (κ1) is 16.8. The summed E-state index contributed by atoms with van der Waals surface area (Å²) in [7, 11) is 0. The molecule has 0 unspecified atom stereocenters. The Kier molecular flexibility index (Phi) is 4.28. The lowest BCUT2D eigenvalue weighted by Crippen LogP contribution is -2.15. The van der Waals surface area contributed by atoms with E-state index in [4.69, 9.17) is 0 Å². The first-order valence-electron chi connectivity index (χ1n) is 8.36. The Balaban J connectivity index is 1.89. The maximum absolute atomic E-state index is 13.3. The molecule has 1 aliphatic heterocycles. The van der Waals surface area contributed by atoms with Crippen molar-refractivity contribution < 1.29 is 9.18 Å². The van der Waals surface area contributed by atoms with Crippen molar-refractivity contribution in [1.29, 1.82) is 0 Å². The van der Waals surface area contributed by atoms with E-state index in [0.717, 1.165) is 16.8 Å². The van der Waals surface area contributed by atoms with Gasteiger partial charge in [-0.3, -0.25) is 4.79 Å². The van der Waals surface area contributed by atoms with Gasteiger partial charge < -0.3 is 5.32 Å². The van der Waals surface area contributed by atoms with Crippen molar-refractivity contribution in [3.05, 3.63) is 76.7 Å². The molecule has 2 heterocycles. The molecular formula is C20H18FN3OS. The fraction of sp³-hybridized carbons (Fsp3) is 0.200. The van der Waals surface area contributed by atoms with Gasteiger partial charge in [0.05, 0.1) is 22.4 Å². The van der Waals surface area contributed by atoms with E-state index >= 15 is 0 Å². The van der Waals surface area contributed by atoms with E-state index in [0.29, 0.717) is 17.3 Å². The topological polar surface area (TPSA) is 46.9 Å². The summed E-state index contributed by atoms with van der Waals surface area (Å²) in [6.45, 7) is 4.00. The number of halogens is 1. The highest BCUT2D eigenvalue weighted by Gasteiger charge is 2.30. The molecule has 0 fully saturated rings. The SMILES string of the molecule is Cc1cccc([C@H]2SCC(=O)Nc3c2c(C)nn3-c2ccc(F)cc2)c1. The summed E-state index contributed by atoms with van der Waals surface area (Å²) in [6.07, 6.45) is 0. The highest BCUT2D eigenvalue weighted by molar-refractivity contribution is 8.00. The zero-order valence-electron chi connectivity index (χ0n) is 14.5. The largest absolute Gasteiger partial charge is 0.310 e. The zero-order chi connectivity index (χ0) is 18.3. The van der Waals surface area contributed by atoms with Crippen molar-refractivity contribution in [2.45, 2.75) is 19.1 Å². The van der Waals surface area contributed by atoms with Crippen LogP contribution in [-0.4, -0.2) is 21.4 Å². The Morgan fingerprint density at radius 1 is 1.19 bits per heavy atom. The fourth-order valence-corrected chi connectivity index (χ4v) is 4.43. The number of fused-ring (bicyclic) bond motifs is 1. The Morgan fingerprint density at radius 3 is 2.69 bits per heavy atom. The van der Waals surface area contributed by atoms with Gasteiger partial charge in [0.2, 0.25) is 5.91 Å². The predicted octanol–water partition coefficient (Wildman–Crippen LogP) is 4.40. The minimum Gasteiger partial charge on any atom is -0.310 e. The van der Waals surface area contributed by atoms with E-state index < -0.39 is 0 Å². The van der Waals surface area contributed by atoms with Crippen LogP contribution in [0.2, 0.25) is 0 Å².